The Kier molecular flexibility index (Phi) is 7.68. The van der Waals surface area contributed by atoms with Crippen LogP contribution in [0.3, 0.4) is 0 Å². The van der Waals surface area contributed by atoms with Crippen LogP contribution >= 0.6 is 11.8 Å². The van der Waals surface area contributed by atoms with Crippen molar-refractivity contribution < 1.29 is 22.3 Å². The van der Waals surface area contributed by atoms with Crippen molar-refractivity contribution in [2.45, 2.75) is 18.2 Å². The Hall–Kier alpha value is -2.44. The van der Waals surface area contributed by atoms with Crippen LogP contribution in [0.5, 0.6) is 0 Å². The molecule has 1 fully saturated rings. The van der Waals surface area contributed by atoms with Crippen LogP contribution in [-0.4, -0.2) is 72.3 Å². The van der Waals surface area contributed by atoms with Crippen molar-refractivity contribution in [2.24, 2.45) is 0 Å². The molecule has 0 bridgehead atoms. The minimum absolute atomic E-state index is 0.0212. The lowest BCUT2D eigenvalue weighted by Crippen LogP contribution is -2.41. The number of carbonyl (C=O) groups is 1. The van der Waals surface area contributed by atoms with E-state index in [1.807, 2.05) is 0 Å². The number of ether oxygens (including phenoxy) is 1. The normalized spacial score (nSPS) is 14.5. The Bertz CT molecular complexity index is 1020. The quantitative estimate of drug-likeness (QED) is 0.406. The summed E-state index contributed by atoms with van der Waals surface area (Å²) in [5.74, 6) is 0.0851. The third kappa shape index (κ3) is 6.05. The molecule has 0 unspecified atom stereocenters. The molecule has 2 heterocycles. The number of carbonyl (C=O) groups excluding carboxylic acids is 1. The summed E-state index contributed by atoms with van der Waals surface area (Å²) in [7, 11) is -3.67. The van der Waals surface area contributed by atoms with Crippen LogP contribution in [0.4, 0.5) is 10.1 Å². The smallest absolute Gasteiger partial charge is 0.233 e. The first-order chi connectivity index (χ1) is 14.8. The summed E-state index contributed by atoms with van der Waals surface area (Å²) in [5.41, 5.74) is 0.314. The second kappa shape index (κ2) is 10.2. The van der Waals surface area contributed by atoms with Gasteiger partial charge in [-0.3, -0.25) is 9.10 Å². The van der Waals surface area contributed by atoms with Crippen LogP contribution in [0.1, 0.15) is 5.82 Å². The summed E-state index contributed by atoms with van der Waals surface area (Å²) < 4.78 is 46.1. The lowest BCUT2D eigenvalue weighted by molar-refractivity contribution is -0.132. The summed E-state index contributed by atoms with van der Waals surface area (Å²) in [6.45, 7) is 6.16. The van der Waals surface area contributed by atoms with Crippen molar-refractivity contribution in [3.63, 3.8) is 0 Å². The van der Waals surface area contributed by atoms with Gasteiger partial charge in [0.2, 0.25) is 15.9 Å². The molecule has 0 saturated carbocycles. The van der Waals surface area contributed by atoms with E-state index in [1.165, 1.54) is 36.0 Å². The number of benzene rings is 1. The summed E-state index contributed by atoms with van der Waals surface area (Å²) in [6.07, 6.45) is 2.71. The SMILES string of the molecule is C=CCn1c(CN(c2ccc(F)cc2)S(C)(=O)=O)nnc1SCC(=O)N1CCOCC1. The van der Waals surface area contributed by atoms with E-state index in [1.54, 1.807) is 15.5 Å². The van der Waals surface area contributed by atoms with E-state index in [-0.39, 0.29) is 18.2 Å². The summed E-state index contributed by atoms with van der Waals surface area (Å²) in [4.78, 5) is 14.2. The van der Waals surface area contributed by atoms with Crippen LogP contribution in [0.15, 0.2) is 42.1 Å². The zero-order chi connectivity index (χ0) is 22.4. The molecule has 31 heavy (non-hydrogen) atoms. The number of morpholine rings is 1. The largest absolute Gasteiger partial charge is 0.378 e. The fourth-order valence-electron chi connectivity index (χ4n) is 3.02. The molecular weight excluding hydrogens is 445 g/mol. The maximum atomic E-state index is 13.3. The first-order valence-electron chi connectivity index (χ1n) is 9.54. The van der Waals surface area contributed by atoms with Gasteiger partial charge in [-0.15, -0.1) is 16.8 Å². The fourth-order valence-corrected chi connectivity index (χ4v) is 4.75. The second-order valence-corrected chi connectivity index (χ2v) is 9.68. The molecule has 9 nitrogen and oxygen atoms in total. The number of sulfonamides is 1. The average Bonchev–Trinajstić information content (AvgIpc) is 3.12. The van der Waals surface area contributed by atoms with E-state index in [4.69, 9.17) is 4.74 Å². The number of halogens is 1. The Morgan fingerprint density at radius 3 is 2.58 bits per heavy atom. The van der Waals surface area contributed by atoms with Crippen molar-refractivity contribution in [3.8, 4) is 0 Å². The van der Waals surface area contributed by atoms with Gasteiger partial charge in [-0.25, -0.2) is 12.8 Å². The van der Waals surface area contributed by atoms with Gasteiger partial charge in [0, 0.05) is 19.6 Å². The Balaban J connectivity index is 1.78. The van der Waals surface area contributed by atoms with Gasteiger partial charge in [-0.2, -0.15) is 0 Å². The highest BCUT2D eigenvalue weighted by atomic mass is 32.2. The van der Waals surface area contributed by atoms with Crippen molar-refractivity contribution in [1.29, 1.82) is 0 Å². The number of allylic oxidation sites excluding steroid dienone is 1. The molecule has 1 aliphatic heterocycles. The lowest BCUT2D eigenvalue weighted by atomic mass is 10.3. The summed E-state index contributed by atoms with van der Waals surface area (Å²) in [5, 5.41) is 8.78. The number of amides is 1. The van der Waals surface area contributed by atoms with Gasteiger partial charge >= 0.3 is 0 Å². The van der Waals surface area contributed by atoms with Crippen LogP contribution in [-0.2, 0) is 32.6 Å². The topological polar surface area (TPSA) is 97.6 Å². The highest BCUT2D eigenvalue weighted by Gasteiger charge is 2.23. The predicted octanol–water partition coefficient (Wildman–Crippen LogP) is 1.52. The first kappa shape index (κ1) is 23.2. The molecule has 0 atom stereocenters. The van der Waals surface area contributed by atoms with E-state index >= 15 is 0 Å². The lowest BCUT2D eigenvalue weighted by Gasteiger charge is -2.26. The molecule has 3 rings (SSSR count). The fraction of sp³-hybridized carbons (Fsp3) is 0.421. The molecule has 1 saturated heterocycles. The monoisotopic (exact) mass is 469 g/mol. The number of hydrogen-bond donors (Lipinski definition) is 0. The predicted molar refractivity (Wildman–Crippen MR) is 116 cm³/mol. The van der Waals surface area contributed by atoms with Crippen molar-refractivity contribution >= 4 is 33.4 Å². The highest BCUT2D eigenvalue weighted by Crippen LogP contribution is 2.23. The number of anilines is 1. The second-order valence-electron chi connectivity index (χ2n) is 6.83. The van der Waals surface area contributed by atoms with Gasteiger partial charge in [-0.1, -0.05) is 17.8 Å². The number of hydrogen-bond acceptors (Lipinski definition) is 7. The number of thioether (sulfide) groups is 1. The number of aromatic nitrogens is 3. The molecule has 168 valence electrons. The van der Waals surface area contributed by atoms with E-state index in [0.717, 1.165) is 10.6 Å². The first-order valence-corrected chi connectivity index (χ1v) is 12.4. The maximum absolute atomic E-state index is 13.3. The molecule has 1 aromatic carbocycles. The third-order valence-electron chi connectivity index (χ3n) is 4.59. The standard InChI is InChI=1S/C19H24FN5O4S2/c1-3-8-24-17(13-25(31(2,27)28)16-6-4-15(20)5-7-16)21-22-19(24)30-14-18(26)23-9-11-29-12-10-23/h3-7H,1,8-14H2,2H3. The molecule has 1 aliphatic rings. The van der Waals surface area contributed by atoms with Crippen LogP contribution in [0, 0.1) is 5.82 Å². The van der Waals surface area contributed by atoms with E-state index in [2.05, 4.69) is 16.8 Å². The van der Waals surface area contributed by atoms with Gasteiger partial charge in [0.25, 0.3) is 0 Å². The third-order valence-corrected chi connectivity index (χ3v) is 6.69. The molecule has 12 heteroatoms. The zero-order valence-electron chi connectivity index (χ0n) is 17.1. The van der Waals surface area contributed by atoms with Gasteiger partial charge in [0.1, 0.15) is 5.82 Å². The van der Waals surface area contributed by atoms with Crippen molar-refractivity contribution in [1.82, 2.24) is 19.7 Å². The zero-order valence-corrected chi connectivity index (χ0v) is 18.7. The van der Waals surface area contributed by atoms with Crippen molar-refractivity contribution in [2.75, 3.05) is 42.6 Å². The minimum Gasteiger partial charge on any atom is -0.378 e. The van der Waals surface area contributed by atoms with Crippen LogP contribution in [0.25, 0.3) is 0 Å². The molecule has 0 aliphatic carbocycles. The highest BCUT2D eigenvalue weighted by molar-refractivity contribution is 7.99. The van der Waals surface area contributed by atoms with E-state index < -0.39 is 15.8 Å². The molecule has 1 amide bonds. The molecule has 0 N–H and O–H groups in total. The van der Waals surface area contributed by atoms with E-state index in [9.17, 15) is 17.6 Å². The van der Waals surface area contributed by atoms with Crippen LogP contribution < -0.4 is 4.31 Å². The minimum atomic E-state index is -3.67. The number of rotatable bonds is 9. The Morgan fingerprint density at radius 1 is 1.29 bits per heavy atom. The van der Waals surface area contributed by atoms with Gasteiger partial charge in [0.05, 0.1) is 37.5 Å². The summed E-state index contributed by atoms with van der Waals surface area (Å²) in [6, 6.07) is 5.17. The molecular formula is C19H24FN5O4S2. The van der Waals surface area contributed by atoms with Crippen LogP contribution in [0.2, 0.25) is 0 Å². The Morgan fingerprint density at radius 2 is 1.97 bits per heavy atom. The molecule has 0 radical (unpaired) electrons. The summed E-state index contributed by atoms with van der Waals surface area (Å²) >= 11 is 1.23. The molecule has 1 aromatic heterocycles. The maximum Gasteiger partial charge on any atom is 0.233 e. The van der Waals surface area contributed by atoms with Gasteiger partial charge in [0.15, 0.2) is 11.0 Å². The Labute approximate surface area is 184 Å². The van der Waals surface area contributed by atoms with E-state index in [0.29, 0.717) is 49.5 Å². The number of nitrogens with zero attached hydrogens (tertiary/aromatic N) is 5. The van der Waals surface area contributed by atoms with Crippen molar-refractivity contribution in [3.05, 3.63) is 48.6 Å². The average molecular weight is 470 g/mol. The van der Waals surface area contributed by atoms with Gasteiger partial charge in [-0.05, 0) is 24.3 Å². The molecule has 0 spiro atoms. The van der Waals surface area contributed by atoms with Gasteiger partial charge < -0.3 is 14.2 Å². The molecule has 2 aromatic rings.